The molecule has 0 heterocycles. The Morgan fingerprint density at radius 2 is 2.00 bits per heavy atom. The van der Waals surface area contributed by atoms with Gasteiger partial charge in [0, 0.05) is 0 Å². The van der Waals surface area contributed by atoms with Gasteiger partial charge in [-0.3, -0.25) is 4.79 Å². The van der Waals surface area contributed by atoms with Crippen LogP contribution in [0.1, 0.15) is 20.8 Å². The first-order valence-corrected chi connectivity index (χ1v) is 3.84. The van der Waals surface area contributed by atoms with Crippen LogP contribution in [-0.2, 0) is 9.53 Å². The van der Waals surface area contributed by atoms with Gasteiger partial charge in [-0.2, -0.15) is 0 Å². The molecule has 0 saturated carbocycles. The van der Waals surface area contributed by atoms with Crippen molar-refractivity contribution in [2.75, 3.05) is 7.11 Å². The number of carbonyl (C=O) groups excluding carboxylic acids is 1. The summed E-state index contributed by atoms with van der Waals surface area (Å²) in [5, 5.41) is 0. The average Bonchev–Trinajstić information content (AvgIpc) is 2.02. The van der Waals surface area contributed by atoms with Gasteiger partial charge in [-0.25, -0.2) is 0 Å². The molecule has 0 aliphatic heterocycles. The highest BCUT2D eigenvalue weighted by molar-refractivity contribution is 5.72. The van der Waals surface area contributed by atoms with E-state index >= 15 is 0 Å². The van der Waals surface area contributed by atoms with Gasteiger partial charge >= 0.3 is 5.97 Å². The number of carbonyl (C=O) groups is 1. The molecule has 2 atom stereocenters. The van der Waals surface area contributed by atoms with Crippen LogP contribution in [0.15, 0.2) is 12.2 Å². The van der Waals surface area contributed by atoms with Crippen molar-refractivity contribution in [2.45, 2.75) is 20.8 Å². The molecule has 0 aliphatic carbocycles. The summed E-state index contributed by atoms with van der Waals surface area (Å²) in [4.78, 5) is 11.0. The average molecular weight is 156 g/mol. The number of hydrogen-bond donors (Lipinski definition) is 0. The van der Waals surface area contributed by atoms with E-state index in [0.717, 1.165) is 0 Å². The van der Waals surface area contributed by atoms with Crippen molar-refractivity contribution < 1.29 is 9.53 Å². The van der Waals surface area contributed by atoms with Crippen LogP contribution < -0.4 is 0 Å². The zero-order chi connectivity index (χ0) is 8.85. The van der Waals surface area contributed by atoms with Crippen molar-refractivity contribution in [2.24, 2.45) is 11.8 Å². The Morgan fingerprint density at radius 1 is 1.45 bits per heavy atom. The smallest absolute Gasteiger partial charge is 0.308 e. The Kier molecular flexibility index (Phi) is 4.59. The van der Waals surface area contributed by atoms with E-state index in [-0.39, 0.29) is 17.8 Å². The molecule has 0 amide bonds. The van der Waals surface area contributed by atoms with Gasteiger partial charge in [0.05, 0.1) is 13.0 Å². The molecule has 2 heteroatoms. The zero-order valence-corrected chi connectivity index (χ0v) is 7.63. The van der Waals surface area contributed by atoms with Gasteiger partial charge in [0.1, 0.15) is 0 Å². The molecule has 0 radical (unpaired) electrons. The van der Waals surface area contributed by atoms with Gasteiger partial charge in [0.15, 0.2) is 0 Å². The molecule has 2 unspecified atom stereocenters. The van der Waals surface area contributed by atoms with Gasteiger partial charge in [-0.05, 0) is 12.8 Å². The number of allylic oxidation sites excluding steroid dienone is 2. The Labute approximate surface area is 68.2 Å². The fourth-order valence-electron chi connectivity index (χ4n) is 0.871. The first kappa shape index (κ1) is 10.2. The minimum absolute atomic E-state index is 0.0452. The van der Waals surface area contributed by atoms with Crippen LogP contribution in [0.25, 0.3) is 0 Å². The van der Waals surface area contributed by atoms with Crippen molar-refractivity contribution in [1.82, 2.24) is 0 Å². The molecule has 0 rings (SSSR count). The summed E-state index contributed by atoms with van der Waals surface area (Å²) < 4.78 is 4.61. The molecule has 0 spiro atoms. The quantitative estimate of drug-likeness (QED) is 0.461. The molecule has 0 aromatic rings. The van der Waals surface area contributed by atoms with E-state index < -0.39 is 0 Å². The van der Waals surface area contributed by atoms with E-state index in [4.69, 9.17) is 0 Å². The van der Waals surface area contributed by atoms with Crippen LogP contribution in [-0.4, -0.2) is 13.1 Å². The normalized spacial score (nSPS) is 16.4. The highest BCUT2D eigenvalue weighted by Crippen LogP contribution is 2.13. The van der Waals surface area contributed by atoms with Gasteiger partial charge in [-0.15, -0.1) is 0 Å². The number of esters is 1. The van der Waals surface area contributed by atoms with E-state index in [9.17, 15) is 4.79 Å². The van der Waals surface area contributed by atoms with E-state index in [0.29, 0.717) is 0 Å². The van der Waals surface area contributed by atoms with Crippen LogP contribution in [0.3, 0.4) is 0 Å². The van der Waals surface area contributed by atoms with Crippen LogP contribution in [0.4, 0.5) is 0 Å². The molecular formula is C9H16O2. The van der Waals surface area contributed by atoms with Crippen molar-refractivity contribution >= 4 is 5.97 Å². The second kappa shape index (κ2) is 4.94. The van der Waals surface area contributed by atoms with Crippen molar-refractivity contribution in [3.8, 4) is 0 Å². The van der Waals surface area contributed by atoms with Crippen molar-refractivity contribution in [3.63, 3.8) is 0 Å². The highest BCUT2D eigenvalue weighted by Gasteiger charge is 2.17. The Morgan fingerprint density at radius 3 is 2.36 bits per heavy atom. The maximum Gasteiger partial charge on any atom is 0.308 e. The molecular weight excluding hydrogens is 140 g/mol. The van der Waals surface area contributed by atoms with Crippen LogP contribution >= 0.6 is 0 Å². The standard InChI is InChI=1S/C9H16O2/c1-5-6-7(2)8(3)9(10)11-4/h5-8H,1-4H3. The molecule has 2 nitrogen and oxygen atoms in total. The second-order valence-corrected chi connectivity index (χ2v) is 2.70. The summed E-state index contributed by atoms with van der Waals surface area (Å²) in [6.45, 7) is 5.82. The first-order valence-electron chi connectivity index (χ1n) is 3.84. The fourth-order valence-corrected chi connectivity index (χ4v) is 0.871. The van der Waals surface area contributed by atoms with Gasteiger partial charge in [0.25, 0.3) is 0 Å². The lowest BCUT2D eigenvalue weighted by Crippen LogP contribution is -2.18. The third kappa shape index (κ3) is 3.21. The minimum Gasteiger partial charge on any atom is -0.469 e. The fraction of sp³-hybridized carbons (Fsp3) is 0.667. The van der Waals surface area contributed by atoms with Gasteiger partial charge in [0.2, 0.25) is 0 Å². The van der Waals surface area contributed by atoms with Crippen molar-refractivity contribution in [1.29, 1.82) is 0 Å². The lowest BCUT2D eigenvalue weighted by Gasteiger charge is -2.12. The lowest BCUT2D eigenvalue weighted by molar-refractivity contribution is -0.145. The molecule has 64 valence electrons. The summed E-state index contributed by atoms with van der Waals surface area (Å²) in [6, 6.07) is 0. The van der Waals surface area contributed by atoms with E-state index in [1.807, 2.05) is 32.9 Å². The molecule has 11 heavy (non-hydrogen) atoms. The van der Waals surface area contributed by atoms with Crippen LogP contribution in [0.5, 0.6) is 0 Å². The maximum atomic E-state index is 11.0. The topological polar surface area (TPSA) is 26.3 Å². The zero-order valence-electron chi connectivity index (χ0n) is 7.63. The van der Waals surface area contributed by atoms with Crippen LogP contribution in [0, 0.1) is 11.8 Å². The minimum atomic E-state index is -0.143. The SMILES string of the molecule is CC=CC(C)C(C)C(=O)OC. The third-order valence-corrected chi connectivity index (χ3v) is 1.86. The highest BCUT2D eigenvalue weighted by atomic mass is 16.5. The Bertz CT molecular complexity index is 150. The van der Waals surface area contributed by atoms with Gasteiger partial charge < -0.3 is 4.74 Å². The summed E-state index contributed by atoms with van der Waals surface area (Å²) in [7, 11) is 1.42. The second-order valence-electron chi connectivity index (χ2n) is 2.70. The molecule has 0 bridgehead atoms. The summed E-state index contributed by atoms with van der Waals surface area (Å²) in [5.41, 5.74) is 0. The largest absolute Gasteiger partial charge is 0.469 e. The maximum absolute atomic E-state index is 11.0. The molecule has 0 aromatic carbocycles. The predicted molar refractivity (Wildman–Crippen MR) is 45.2 cm³/mol. The number of hydrogen-bond acceptors (Lipinski definition) is 2. The van der Waals surface area contributed by atoms with E-state index in [1.54, 1.807) is 0 Å². The van der Waals surface area contributed by atoms with E-state index in [1.165, 1.54) is 7.11 Å². The number of ether oxygens (including phenoxy) is 1. The number of rotatable bonds is 3. The molecule has 0 saturated heterocycles. The molecule has 0 aromatic heterocycles. The third-order valence-electron chi connectivity index (χ3n) is 1.86. The summed E-state index contributed by atoms with van der Waals surface area (Å²) in [6.07, 6.45) is 3.95. The van der Waals surface area contributed by atoms with Crippen molar-refractivity contribution in [3.05, 3.63) is 12.2 Å². The van der Waals surface area contributed by atoms with E-state index in [2.05, 4.69) is 4.74 Å². The van der Waals surface area contributed by atoms with Crippen LogP contribution in [0.2, 0.25) is 0 Å². The predicted octanol–water partition coefficient (Wildman–Crippen LogP) is 2.01. The number of methoxy groups -OCH3 is 1. The summed E-state index contributed by atoms with van der Waals surface area (Å²) in [5.74, 6) is 0.0687. The lowest BCUT2D eigenvalue weighted by atomic mass is 9.96. The Balaban J connectivity index is 4.01. The molecule has 0 fully saturated rings. The molecule has 0 N–H and O–H groups in total. The first-order chi connectivity index (χ1) is 5.13. The van der Waals surface area contributed by atoms with Gasteiger partial charge in [-0.1, -0.05) is 26.0 Å². The monoisotopic (exact) mass is 156 g/mol. The summed E-state index contributed by atoms with van der Waals surface area (Å²) >= 11 is 0. The molecule has 0 aliphatic rings. The Hall–Kier alpha value is -0.790.